The van der Waals surface area contributed by atoms with Crippen molar-refractivity contribution in [1.82, 2.24) is 4.90 Å². The van der Waals surface area contributed by atoms with E-state index in [9.17, 15) is 9.59 Å². The van der Waals surface area contributed by atoms with Gasteiger partial charge in [0.25, 0.3) is 5.91 Å². The van der Waals surface area contributed by atoms with Crippen LogP contribution in [0.2, 0.25) is 0 Å². The maximum atomic E-state index is 12.4. The SMILES string of the molecule is C[C@H]1CCC[C@H](C)N1C(=O)COC(=O)c1cc2ccccc2s1. The molecule has 4 nitrogen and oxygen atoms in total. The lowest BCUT2D eigenvalue weighted by molar-refractivity contribution is -0.140. The summed E-state index contributed by atoms with van der Waals surface area (Å²) in [6.45, 7) is 3.94. The molecule has 1 aliphatic rings. The summed E-state index contributed by atoms with van der Waals surface area (Å²) >= 11 is 1.39. The van der Waals surface area contributed by atoms with Gasteiger partial charge in [0.05, 0.1) is 0 Å². The Morgan fingerprint density at radius 3 is 2.61 bits per heavy atom. The van der Waals surface area contributed by atoms with Crippen molar-refractivity contribution in [3.63, 3.8) is 0 Å². The molecule has 0 unspecified atom stereocenters. The molecule has 1 aromatic carbocycles. The Morgan fingerprint density at radius 2 is 1.91 bits per heavy atom. The van der Waals surface area contributed by atoms with Crippen LogP contribution in [-0.4, -0.2) is 35.5 Å². The fraction of sp³-hybridized carbons (Fsp3) is 0.444. The molecule has 0 saturated carbocycles. The van der Waals surface area contributed by atoms with Gasteiger partial charge in [0.1, 0.15) is 4.88 Å². The molecule has 0 aliphatic carbocycles. The highest BCUT2D eigenvalue weighted by atomic mass is 32.1. The van der Waals surface area contributed by atoms with Crippen molar-refractivity contribution in [1.29, 1.82) is 0 Å². The summed E-state index contributed by atoms with van der Waals surface area (Å²) in [6, 6.07) is 10.1. The van der Waals surface area contributed by atoms with Crippen LogP contribution in [0.25, 0.3) is 10.1 Å². The molecule has 0 spiro atoms. The summed E-state index contributed by atoms with van der Waals surface area (Å²) in [5.74, 6) is -0.518. The Labute approximate surface area is 140 Å². The molecule has 1 fully saturated rings. The predicted octanol–water partition coefficient (Wildman–Crippen LogP) is 3.85. The fourth-order valence-corrected chi connectivity index (χ4v) is 4.22. The molecule has 1 amide bonds. The second-order valence-electron chi connectivity index (χ2n) is 6.15. The molecule has 0 bridgehead atoms. The molecule has 1 saturated heterocycles. The van der Waals surface area contributed by atoms with Crippen LogP contribution >= 0.6 is 11.3 Å². The number of carbonyl (C=O) groups is 2. The van der Waals surface area contributed by atoms with Crippen molar-refractivity contribution >= 4 is 33.3 Å². The van der Waals surface area contributed by atoms with E-state index in [4.69, 9.17) is 4.74 Å². The Kier molecular flexibility index (Phi) is 4.66. The molecule has 2 aromatic rings. The number of ether oxygens (including phenoxy) is 1. The summed E-state index contributed by atoms with van der Waals surface area (Å²) in [4.78, 5) is 27.0. The summed E-state index contributed by atoms with van der Waals surface area (Å²) in [6.07, 6.45) is 3.17. The maximum Gasteiger partial charge on any atom is 0.348 e. The van der Waals surface area contributed by atoms with E-state index in [1.807, 2.05) is 35.2 Å². The summed E-state index contributed by atoms with van der Waals surface area (Å²) in [5.41, 5.74) is 0. The van der Waals surface area contributed by atoms with Gasteiger partial charge in [0.15, 0.2) is 6.61 Å². The highest BCUT2D eigenvalue weighted by molar-refractivity contribution is 7.20. The van der Waals surface area contributed by atoms with Crippen LogP contribution in [0.1, 0.15) is 42.8 Å². The quantitative estimate of drug-likeness (QED) is 0.803. The van der Waals surface area contributed by atoms with Crippen LogP contribution in [0.5, 0.6) is 0 Å². The smallest absolute Gasteiger partial charge is 0.348 e. The molecule has 1 aliphatic heterocycles. The van der Waals surface area contributed by atoms with Crippen LogP contribution < -0.4 is 0 Å². The van der Waals surface area contributed by atoms with Gasteiger partial charge in [0.2, 0.25) is 0 Å². The van der Waals surface area contributed by atoms with Gasteiger partial charge >= 0.3 is 5.97 Å². The fourth-order valence-electron chi connectivity index (χ4n) is 3.27. The first-order valence-electron chi connectivity index (χ1n) is 8.03. The van der Waals surface area contributed by atoms with Gasteiger partial charge in [-0.1, -0.05) is 18.2 Å². The van der Waals surface area contributed by atoms with Crippen molar-refractivity contribution in [2.45, 2.75) is 45.2 Å². The molecule has 23 heavy (non-hydrogen) atoms. The molecule has 0 radical (unpaired) electrons. The average molecular weight is 331 g/mol. The molecular weight excluding hydrogens is 310 g/mol. The minimum absolute atomic E-state index is 0.0980. The van der Waals surface area contributed by atoms with E-state index in [0.717, 1.165) is 29.3 Å². The first-order valence-corrected chi connectivity index (χ1v) is 8.85. The molecule has 5 heteroatoms. The van der Waals surface area contributed by atoms with E-state index in [2.05, 4.69) is 13.8 Å². The minimum Gasteiger partial charge on any atom is -0.451 e. The van der Waals surface area contributed by atoms with E-state index in [1.54, 1.807) is 0 Å². The lowest BCUT2D eigenvalue weighted by Gasteiger charge is -2.38. The van der Waals surface area contributed by atoms with Gasteiger partial charge in [-0.3, -0.25) is 4.79 Å². The first-order chi connectivity index (χ1) is 11.1. The average Bonchev–Trinajstić information content (AvgIpc) is 2.96. The number of fused-ring (bicyclic) bond motifs is 1. The maximum absolute atomic E-state index is 12.4. The molecule has 122 valence electrons. The Bertz CT molecular complexity index is 681. The van der Waals surface area contributed by atoms with Crippen molar-refractivity contribution in [3.8, 4) is 0 Å². The molecule has 2 atom stereocenters. The van der Waals surface area contributed by atoms with Crippen LogP contribution in [0.15, 0.2) is 30.3 Å². The van der Waals surface area contributed by atoms with Gasteiger partial charge in [-0.05, 0) is 50.6 Å². The second kappa shape index (κ2) is 6.71. The van der Waals surface area contributed by atoms with Gasteiger partial charge < -0.3 is 9.64 Å². The number of amides is 1. The highest BCUT2D eigenvalue weighted by Crippen LogP contribution is 2.26. The third kappa shape index (κ3) is 3.39. The summed E-state index contributed by atoms with van der Waals surface area (Å²) in [7, 11) is 0. The zero-order chi connectivity index (χ0) is 16.4. The third-order valence-electron chi connectivity index (χ3n) is 4.43. The number of nitrogens with zero attached hydrogens (tertiary/aromatic N) is 1. The summed E-state index contributed by atoms with van der Waals surface area (Å²) < 4.78 is 6.30. The third-order valence-corrected chi connectivity index (χ3v) is 5.53. The number of likely N-dealkylation sites (tertiary alicyclic amines) is 1. The van der Waals surface area contributed by atoms with Crippen molar-refractivity contribution in [3.05, 3.63) is 35.2 Å². The normalized spacial score (nSPS) is 21.4. The second-order valence-corrected chi connectivity index (χ2v) is 7.24. The van der Waals surface area contributed by atoms with Crippen LogP contribution in [-0.2, 0) is 9.53 Å². The monoisotopic (exact) mass is 331 g/mol. The van der Waals surface area contributed by atoms with Crippen molar-refractivity contribution in [2.75, 3.05) is 6.61 Å². The number of esters is 1. The Morgan fingerprint density at radius 1 is 1.22 bits per heavy atom. The van der Waals surface area contributed by atoms with Crippen LogP contribution in [0, 0.1) is 0 Å². The number of benzene rings is 1. The van der Waals surface area contributed by atoms with Crippen LogP contribution in [0.3, 0.4) is 0 Å². The molecular formula is C18H21NO3S. The minimum atomic E-state index is -0.420. The van der Waals surface area contributed by atoms with E-state index >= 15 is 0 Å². The standard InChI is InChI=1S/C18H21NO3S/c1-12-6-5-7-13(2)19(12)17(20)11-22-18(21)16-10-14-8-3-4-9-15(14)23-16/h3-4,8-10,12-13H,5-7,11H2,1-2H3/t12-,13-/m0/s1. The van der Waals surface area contributed by atoms with Gasteiger partial charge in [-0.15, -0.1) is 11.3 Å². The lowest BCUT2D eigenvalue weighted by atomic mass is 9.97. The Balaban J connectivity index is 1.63. The molecule has 2 heterocycles. The van der Waals surface area contributed by atoms with E-state index in [-0.39, 0.29) is 24.6 Å². The van der Waals surface area contributed by atoms with Gasteiger partial charge in [0, 0.05) is 16.8 Å². The zero-order valence-corrected chi connectivity index (χ0v) is 14.3. The number of thiophene rings is 1. The van der Waals surface area contributed by atoms with Crippen molar-refractivity contribution in [2.24, 2.45) is 0 Å². The zero-order valence-electron chi connectivity index (χ0n) is 13.5. The van der Waals surface area contributed by atoms with Crippen molar-refractivity contribution < 1.29 is 14.3 Å². The lowest BCUT2D eigenvalue weighted by Crippen LogP contribution is -2.49. The summed E-state index contributed by atoms with van der Waals surface area (Å²) in [5, 5.41) is 1.02. The Hall–Kier alpha value is -1.88. The predicted molar refractivity (Wildman–Crippen MR) is 91.7 cm³/mol. The van der Waals surface area contributed by atoms with Crippen LogP contribution in [0.4, 0.5) is 0 Å². The molecule has 0 N–H and O–H groups in total. The number of rotatable bonds is 3. The topological polar surface area (TPSA) is 46.6 Å². The number of carbonyl (C=O) groups excluding carboxylic acids is 2. The number of hydrogen-bond acceptors (Lipinski definition) is 4. The van der Waals surface area contributed by atoms with E-state index < -0.39 is 5.97 Å². The number of hydrogen-bond donors (Lipinski definition) is 0. The first kappa shape index (κ1) is 16.0. The highest BCUT2D eigenvalue weighted by Gasteiger charge is 2.29. The van der Waals surface area contributed by atoms with E-state index in [0.29, 0.717) is 4.88 Å². The molecule has 1 aromatic heterocycles. The molecule has 3 rings (SSSR count). The van der Waals surface area contributed by atoms with Gasteiger partial charge in [-0.25, -0.2) is 4.79 Å². The largest absolute Gasteiger partial charge is 0.451 e. The van der Waals surface area contributed by atoms with E-state index in [1.165, 1.54) is 11.3 Å². The van der Waals surface area contributed by atoms with Gasteiger partial charge in [-0.2, -0.15) is 0 Å². The number of piperidine rings is 1.